The van der Waals surface area contributed by atoms with Gasteiger partial charge in [-0.05, 0) is 49.7 Å². The maximum absolute atomic E-state index is 12.9. The van der Waals surface area contributed by atoms with Crippen molar-refractivity contribution in [2.24, 2.45) is 11.8 Å². The Kier molecular flexibility index (Phi) is 11.5. The fraction of sp³-hybridized carbons (Fsp3) is 0.692. The zero-order chi connectivity index (χ0) is 22.5. The first-order valence-electron chi connectivity index (χ1n) is 12.3. The van der Waals surface area contributed by atoms with E-state index in [0.717, 1.165) is 44.1 Å². The molecule has 0 saturated heterocycles. The van der Waals surface area contributed by atoms with Crippen molar-refractivity contribution in [3.8, 4) is 0 Å². The molecule has 174 valence electrons. The first kappa shape index (κ1) is 25.2. The summed E-state index contributed by atoms with van der Waals surface area (Å²) in [7, 11) is 0. The van der Waals surface area contributed by atoms with Crippen molar-refractivity contribution in [3.63, 3.8) is 0 Å². The normalized spacial score (nSPS) is 15.3. The number of amides is 1. The van der Waals surface area contributed by atoms with Gasteiger partial charge in [0.1, 0.15) is 0 Å². The fourth-order valence-electron chi connectivity index (χ4n) is 4.33. The highest BCUT2D eigenvalue weighted by Crippen LogP contribution is 2.26. The molecule has 0 aromatic heterocycles. The second-order valence-corrected chi connectivity index (χ2v) is 8.76. The predicted molar refractivity (Wildman–Crippen MR) is 124 cm³/mol. The van der Waals surface area contributed by atoms with E-state index in [0.29, 0.717) is 43.7 Å². The summed E-state index contributed by atoms with van der Waals surface area (Å²) in [5, 5.41) is 0. The number of rotatable bonds is 12. The molecule has 31 heavy (non-hydrogen) atoms. The number of unbranched alkanes of at least 4 members (excludes halogenated alkanes) is 1. The Morgan fingerprint density at radius 2 is 1.81 bits per heavy atom. The summed E-state index contributed by atoms with van der Waals surface area (Å²) in [6.45, 7) is 7.99. The Labute approximate surface area is 188 Å². The van der Waals surface area contributed by atoms with E-state index in [1.165, 1.54) is 19.3 Å². The molecule has 1 atom stereocenters. The van der Waals surface area contributed by atoms with Gasteiger partial charge in [0.2, 0.25) is 0 Å². The Hall–Kier alpha value is -2.04. The van der Waals surface area contributed by atoms with Gasteiger partial charge < -0.3 is 14.4 Å². The van der Waals surface area contributed by atoms with E-state index in [2.05, 4.69) is 13.8 Å². The van der Waals surface area contributed by atoms with E-state index in [4.69, 9.17) is 9.47 Å². The summed E-state index contributed by atoms with van der Waals surface area (Å²) < 4.78 is 11.0. The van der Waals surface area contributed by atoms with Gasteiger partial charge in [0.05, 0.1) is 18.8 Å². The van der Waals surface area contributed by atoms with E-state index < -0.39 is 0 Å². The lowest BCUT2D eigenvalue weighted by Gasteiger charge is -2.29. The molecule has 0 spiro atoms. The molecule has 1 aliphatic rings. The van der Waals surface area contributed by atoms with Crippen LogP contribution in [0.5, 0.6) is 0 Å². The molecular formula is C26H41NO4. The lowest BCUT2D eigenvalue weighted by molar-refractivity contribution is 0.0424. The largest absolute Gasteiger partial charge is 0.462 e. The molecule has 0 aliphatic heterocycles. The number of carbonyl (C=O) groups is 2. The van der Waals surface area contributed by atoms with Crippen molar-refractivity contribution in [2.75, 3.05) is 19.8 Å². The van der Waals surface area contributed by atoms with E-state index in [1.54, 1.807) is 11.0 Å². The van der Waals surface area contributed by atoms with Crippen LogP contribution in [0, 0.1) is 11.8 Å². The number of hydrogen-bond acceptors (Lipinski definition) is 4. The first-order chi connectivity index (χ1) is 15.1. The smallest absolute Gasteiger partial charge is 0.410 e. The van der Waals surface area contributed by atoms with E-state index >= 15 is 0 Å². The van der Waals surface area contributed by atoms with Crippen molar-refractivity contribution < 1.29 is 19.1 Å². The van der Waals surface area contributed by atoms with E-state index in [1.807, 2.05) is 25.1 Å². The standard InChI is InChI=1S/C26H41NO4/c1-4-7-13-21(5-2)20-31-25(28)24-17-12-11-16-23(24)19-27(26(29)30-6-3)18-22-14-9-8-10-15-22/h11-12,16-17,21-22H,4-10,13-15,18-20H2,1-3H3. The zero-order valence-electron chi connectivity index (χ0n) is 19.7. The van der Waals surface area contributed by atoms with Gasteiger partial charge in [-0.1, -0.05) is 70.6 Å². The number of ether oxygens (including phenoxy) is 2. The molecule has 0 N–H and O–H groups in total. The van der Waals surface area contributed by atoms with Gasteiger partial charge in [-0.3, -0.25) is 0 Å². The van der Waals surface area contributed by atoms with Crippen molar-refractivity contribution in [1.82, 2.24) is 4.90 Å². The highest BCUT2D eigenvalue weighted by Gasteiger charge is 2.24. The van der Waals surface area contributed by atoms with Crippen LogP contribution < -0.4 is 0 Å². The third-order valence-electron chi connectivity index (χ3n) is 6.32. The van der Waals surface area contributed by atoms with Crippen molar-refractivity contribution in [1.29, 1.82) is 0 Å². The summed E-state index contributed by atoms with van der Waals surface area (Å²) in [6.07, 6.45) is 10.1. The summed E-state index contributed by atoms with van der Waals surface area (Å²) in [5.41, 5.74) is 1.36. The van der Waals surface area contributed by atoms with Crippen LogP contribution in [-0.2, 0) is 16.0 Å². The van der Waals surface area contributed by atoms with E-state index in [9.17, 15) is 9.59 Å². The van der Waals surface area contributed by atoms with Gasteiger partial charge in [-0.15, -0.1) is 0 Å². The molecule has 1 aromatic carbocycles. The molecule has 5 heteroatoms. The number of nitrogens with zero attached hydrogens (tertiary/aromatic N) is 1. The molecule has 0 heterocycles. The number of benzene rings is 1. The Morgan fingerprint density at radius 3 is 2.48 bits per heavy atom. The number of carbonyl (C=O) groups excluding carboxylic acids is 2. The third kappa shape index (κ3) is 8.54. The van der Waals surface area contributed by atoms with Crippen LogP contribution in [0.4, 0.5) is 4.79 Å². The lowest BCUT2D eigenvalue weighted by atomic mass is 9.89. The number of hydrogen-bond donors (Lipinski definition) is 0. The van der Waals surface area contributed by atoms with Crippen molar-refractivity contribution >= 4 is 12.1 Å². The van der Waals surface area contributed by atoms with Gasteiger partial charge in [-0.25, -0.2) is 9.59 Å². The maximum atomic E-state index is 12.9. The van der Waals surface area contributed by atoms with Gasteiger partial charge >= 0.3 is 12.1 Å². The maximum Gasteiger partial charge on any atom is 0.410 e. The molecule has 1 unspecified atom stereocenters. The monoisotopic (exact) mass is 431 g/mol. The minimum Gasteiger partial charge on any atom is -0.462 e. The molecule has 1 fully saturated rings. The third-order valence-corrected chi connectivity index (χ3v) is 6.32. The molecule has 5 nitrogen and oxygen atoms in total. The van der Waals surface area contributed by atoms with Crippen LogP contribution in [0.3, 0.4) is 0 Å². The minimum absolute atomic E-state index is 0.299. The Morgan fingerprint density at radius 1 is 1.06 bits per heavy atom. The van der Waals surface area contributed by atoms with Gasteiger partial charge in [0.25, 0.3) is 0 Å². The summed E-state index contributed by atoms with van der Waals surface area (Å²) in [5.74, 6) is 0.603. The first-order valence-corrected chi connectivity index (χ1v) is 12.3. The van der Waals surface area contributed by atoms with Crippen LogP contribution in [0.2, 0.25) is 0 Å². The molecule has 1 aromatic rings. The van der Waals surface area contributed by atoms with Gasteiger partial charge in [0, 0.05) is 13.1 Å². The molecular weight excluding hydrogens is 390 g/mol. The van der Waals surface area contributed by atoms with E-state index in [-0.39, 0.29) is 12.1 Å². The van der Waals surface area contributed by atoms with Crippen LogP contribution >= 0.6 is 0 Å². The van der Waals surface area contributed by atoms with Crippen molar-refractivity contribution in [2.45, 2.75) is 85.1 Å². The summed E-state index contributed by atoms with van der Waals surface area (Å²) in [6, 6.07) is 7.48. The van der Waals surface area contributed by atoms with Crippen LogP contribution in [0.1, 0.15) is 94.5 Å². The minimum atomic E-state index is -0.304. The average Bonchev–Trinajstić information content (AvgIpc) is 2.80. The topological polar surface area (TPSA) is 55.8 Å². The average molecular weight is 432 g/mol. The number of esters is 1. The fourth-order valence-corrected chi connectivity index (χ4v) is 4.33. The zero-order valence-corrected chi connectivity index (χ0v) is 19.7. The Bertz CT molecular complexity index is 669. The molecule has 1 saturated carbocycles. The second-order valence-electron chi connectivity index (χ2n) is 8.76. The molecule has 2 rings (SSSR count). The van der Waals surface area contributed by atoms with Crippen LogP contribution in [-0.4, -0.2) is 36.7 Å². The SMILES string of the molecule is CCCCC(CC)COC(=O)c1ccccc1CN(CC1CCCCC1)C(=O)OCC. The van der Waals surface area contributed by atoms with Gasteiger partial charge in [0.15, 0.2) is 0 Å². The molecule has 1 amide bonds. The summed E-state index contributed by atoms with van der Waals surface area (Å²) in [4.78, 5) is 27.3. The second kappa shape index (κ2) is 14.1. The molecule has 0 bridgehead atoms. The molecule has 0 radical (unpaired) electrons. The Balaban J connectivity index is 2.07. The van der Waals surface area contributed by atoms with Gasteiger partial charge in [-0.2, -0.15) is 0 Å². The predicted octanol–water partition coefficient (Wildman–Crippen LogP) is 6.60. The summed E-state index contributed by atoms with van der Waals surface area (Å²) >= 11 is 0. The van der Waals surface area contributed by atoms with Crippen LogP contribution in [0.25, 0.3) is 0 Å². The molecule has 1 aliphatic carbocycles. The lowest BCUT2D eigenvalue weighted by Crippen LogP contribution is -2.36. The van der Waals surface area contributed by atoms with Crippen LogP contribution in [0.15, 0.2) is 24.3 Å². The quantitative estimate of drug-likeness (QED) is 0.350. The highest BCUT2D eigenvalue weighted by atomic mass is 16.6. The van der Waals surface area contributed by atoms with Crippen molar-refractivity contribution in [3.05, 3.63) is 35.4 Å². The highest BCUT2D eigenvalue weighted by molar-refractivity contribution is 5.91.